The van der Waals surface area contributed by atoms with Gasteiger partial charge in [-0.2, -0.15) is 0 Å². The highest BCUT2D eigenvalue weighted by Crippen LogP contribution is 2.53. The molecule has 4 aliphatic rings. The molecular weight excluding hydrogens is 348 g/mol. The van der Waals surface area contributed by atoms with Gasteiger partial charge in [0.2, 0.25) is 5.91 Å². The van der Waals surface area contributed by atoms with Crippen LogP contribution in [0.25, 0.3) is 0 Å². The first-order chi connectivity index (χ1) is 13.4. The van der Waals surface area contributed by atoms with Crippen molar-refractivity contribution in [3.8, 4) is 0 Å². The summed E-state index contributed by atoms with van der Waals surface area (Å²) in [5, 5.41) is 0. The Balaban J connectivity index is 1.30. The van der Waals surface area contributed by atoms with Crippen LogP contribution in [-0.4, -0.2) is 61.1 Å². The third-order valence-corrected chi connectivity index (χ3v) is 9.06. The Morgan fingerprint density at radius 1 is 0.929 bits per heavy atom. The second-order valence-corrected chi connectivity index (χ2v) is 11.0. The highest BCUT2D eigenvalue weighted by atomic mass is 16.5. The molecule has 0 aromatic rings. The van der Waals surface area contributed by atoms with Gasteiger partial charge in [-0.3, -0.25) is 9.69 Å². The van der Waals surface area contributed by atoms with Crippen molar-refractivity contribution < 1.29 is 9.53 Å². The van der Waals surface area contributed by atoms with Gasteiger partial charge in [0, 0.05) is 19.0 Å². The molecule has 0 aromatic heterocycles. The predicted octanol–water partition coefficient (Wildman–Crippen LogP) is 4.04. The van der Waals surface area contributed by atoms with E-state index in [-0.39, 0.29) is 5.41 Å². The lowest BCUT2D eigenvalue weighted by Gasteiger charge is -2.53. The van der Waals surface area contributed by atoms with Gasteiger partial charge in [-0.25, -0.2) is 0 Å². The van der Waals surface area contributed by atoms with E-state index in [1.54, 1.807) is 0 Å². The number of hydrogen-bond acceptors (Lipinski definition) is 3. The summed E-state index contributed by atoms with van der Waals surface area (Å²) < 4.78 is 5.38. The fourth-order valence-electron chi connectivity index (χ4n) is 6.45. The van der Waals surface area contributed by atoms with Crippen molar-refractivity contribution in [2.45, 2.75) is 72.3 Å². The smallest absolute Gasteiger partial charge is 0.225 e. The molecule has 4 nitrogen and oxygen atoms in total. The van der Waals surface area contributed by atoms with E-state index in [1.165, 1.54) is 45.2 Å². The molecule has 2 unspecified atom stereocenters. The van der Waals surface area contributed by atoms with Crippen LogP contribution in [-0.2, 0) is 9.53 Å². The van der Waals surface area contributed by atoms with Crippen molar-refractivity contribution in [3.05, 3.63) is 0 Å². The summed E-state index contributed by atoms with van der Waals surface area (Å²) in [5.74, 6) is 3.69. The molecule has 0 bridgehead atoms. The molecule has 4 heteroatoms. The minimum absolute atomic E-state index is 0.289. The highest BCUT2D eigenvalue weighted by molar-refractivity contribution is 5.80. The van der Waals surface area contributed by atoms with Crippen molar-refractivity contribution >= 4 is 5.91 Å². The molecule has 160 valence electrons. The average molecular weight is 391 g/mol. The van der Waals surface area contributed by atoms with E-state index in [0.717, 1.165) is 50.5 Å². The zero-order chi connectivity index (χ0) is 19.9. The molecule has 0 spiro atoms. The molecule has 3 aliphatic heterocycles. The van der Waals surface area contributed by atoms with Crippen molar-refractivity contribution in [3.63, 3.8) is 0 Å². The number of rotatable bonds is 5. The van der Waals surface area contributed by atoms with Crippen LogP contribution in [0.2, 0.25) is 0 Å². The second kappa shape index (κ2) is 8.26. The average Bonchev–Trinajstić information content (AvgIpc) is 2.59. The first-order valence-electron chi connectivity index (χ1n) is 12.0. The molecule has 3 saturated heterocycles. The molecule has 1 saturated carbocycles. The maximum Gasteiger partial charge on any atom is 0.225 e. The summed E-state index contributed by atoms with van der Waals surface area (Å²) in [6.45, 7) is 15.9. The summed E-state index contributed by atoms with van der Waals surface area (Å²) in [4.78, 5) is 18.1. The third-order valence-electron chi connectivity index (χ3n) is 9.06. The Kier molecular flexibility index (Phi) is 6.09. The van der Waals surface area contributed by atoms with Gasteiger partial charge in [-0.05, 0) is 80.7 Å². The molecule has 4 fully saturated rings. The molecule has 0 N–H and O–H groups in total. The third kappa shape index (κ3) is 3.88. The second-order valence-electron chi connectivity index (χ2n) is 11.0. The van der Waals surface area contributed by atoms with Gasteiger partial charge >= 0.3 is 0 Å². The largest absolute Gasteiger partial charge is 0.378 e. The van der Waals surface area contributed by atoms with Gasteiger partial charge in [-0.1, -0.05) is 27.7 Å². The number of carbonyl (C=O) groups is 1. The molecule has 0 aromatic carbocycles. The summed E-state index contributed by atoms with van der Waals surface area (Å²) in [6.07, 6.45) is 7.36. The predicted molar refractivity (Wildman–Crippen MR) is 113 cm³/mol. The van der Waals surface area contributed by atoms with E-state index in [9.17, 15) is 4.79 Å². The SMILES string of the molecule is CC(C)C1CCN(C(=O)C2CCC2C(C)(C)C2CCN(C3COC3)CC2)CC1. The van der Waals surface area contributed by atoms with Gasteiger partial charge in [0.15, 0.2) is 0 Å². The van der Waals surface area contributed by atoms with Crippen molar-refractivity contribution in [2.24, 2.45) is 35.0 Å². The van der Waals surface area contributed by atoms with Crippen molar-refractivity contribution in [1.29, 1.82) is 0 Å². The van der Waals surface area contributed by atoms with Gasteiger partial charge in [0.05, 0.1) is 19.3 Å². The number of ether oxygens (including phenoxy) is 1. The fraction of sp³-hybridized carbons (Fsp3) is 0.958. The topological polar surface area (TPSA) is 32.8 Å². The normalized spacial score (nSPS) is 31.7. The molecular formula is C24H42N2O2. The van der Waals surface area contributed by atoms with Gasteiger partial charge in [-0.15, -0.1) is 0 Å². The van der Waals surface area contributed by atoms with Crippen LogP contribution < -0.4 is 0 Å². The highest BCUT2D eigenvalue weighted by Gasteiger charge is 2.50. The van der Waals surface area contributed by atoms with E-state index in [0.29, 0.717) is 23.8 Å². The number of piperidine rings is 2. The zero-order valence-electron chi connectivity index (χ0n) is 18.7. The summed E-state index contributed by atoms with van der Waals surface area (Å²) in [7, 11) is 0. The van der Waals surface area contributed by atoms with Gasteiger partial charge in [0.25, 0.3) is 0 Å². The molecule has 28 heavy (non-hydrogen) atoms. The lowest BCUT2D eigenvalue weighted by Crippen LogP contribution is -2.55. The lowest BCUT2D eigenvalue weighted by atomic mass is 9.54. The lowest BCUT2D eigenvalue weighted by molar-refractivity contribution is -0.149. The number of amides is 1. The minimum Gasteiger partial charge on any atom is -0.378 e. The van der Waals surface area contributed by atoms with Crippen LogP contribution in [0, 0.1) is 35.0 Å². The number of hydrogen-bond donors (Lipinski definition) is 0. The standard InChI is InChI=1S/C24H42N2O2/c1-17(2)18-7-11-26(12-8-18)23(27)21-5-6-22(21)24(3,4)19-9-13-25(14-10-19)20-15-28-16-20/h17-22H,5-16H2,1-4H3. The monoisotopic (exact) mass is 390 g/mol. The van der Waals surface area contributed by atoms with Crippen LogP contribution in [0.1, 0.15) is 66.2 Å². The van der Waals surface area contributed by atoms with Crippen LogP contribution in [0.3, 0.4) is 0 Å². The first-order valence-corrected chi connectivity index (χ1v) is 12.0. The Morgan fingerprint density at radius 3 is 2.04 bits per heavy atom. The van der Waals surface area contributed by atoms with Crippen LogP contribution in [0.4, 0.5) is 0 Å². The number of nitrogens with zero attached hydrogens (tertiary/aromatic N) is 2. The van der Waals surface area contributed by atoms with E-state index in [4.69, 9.17) is 4.74 Å². The van der Waals surface area contributed by atoms with Crippen molar-refractivity contribution in [2.75, 3.05) is 39.4 Å². The summed E-state index contributed by atoms with van der Waals surface area (Å²) in [5.41, 5.74) is 0.289. The Morgan fingerprint density at radius 2 is 1.57 bits per heavy atom. The van der Waals surface area contributed by atoms with E-state index < -0.39 is 0 Å². The van der Waals surface area contributed by atoms with Crippen LogP contribution in [0.5, 0.6) is 0 Å². The minimum atomic E-state index is 0.289. The quantitative estimate of drug-likeness (QED) is 0.710. The van der Waals surface area contributed by atoms with Crippen LogP contribution in [0.15, 0.2) is 0 Å². The Labute approximate surface area is 172 Å². The van der Waals surface area contributed by atoms with E-state index >= 15 is 0 Å². The van der Waals surface area contributed by atoms with Crippen LogP contribution >= 0.6 is 0 Å². The molecule has 1 aliphatic carbocycles. The molecule has 0 radical (unpaired) electrons. The maximum atomic E-state index is 13.3. The molecule has 4 rings (SSSR count). The van der Waals surface area contributed by atoms with Gasteiger partial charge < -0.3 is 9.64 Å². The first kappa shape index (κ1) is 20.7. The summed E-state index contributed by atoms with van der Waals surface area (Å²) in [6, 6.07) is 0.677. The Hall–Kier alpha value is -0.610. The molecule has 3 heterocycles. The van der Waals surface area contributed by atoms with Crippen molar-refractivity contribution in [1.82, 2.24) is 9.80 Å². The molecule has 1 amide bonds. The van der Waals surface area contributed by atoms with Gasteiger partial charge in [0.1, 0.15) is 0 Å². The maximum absolute atomic E-state index is 13.3. The molecule has 2 atom stereocenters. The number of carbonyl (C=O) groups excluding carboxylic acids is 1. The van der Waals surface area contributed by atoms with E-state index in [2.05, 4.69) is 37.5 Å². The fourth-order valence-corrected chi connectivity index (χ4v) is 6.45. The summed E-state index contributed by atoms with van der Waals surface area (Å²) >= 11 is 0. The number of likely N-dealkylation sites (tertiary alicyclic amines) is 2. The Bertz CT molecular complexity index is 541. The zero-order valence-corrected chi connectivity index (χ0v) is 18.7. The van der Waals surface area contributed by atoms with E-state index in [1.807, 2.05) is 0 Å².